The van der Waals surface area contributed by atoms with Gasteiger partial charge < -0.3 is 10.4 Å². The number of nitrogens with one attached hydrogen (secondary N) is 1. The summed E-state index contributed by atoms with van der Waals surface area (Å²) < 4.78 is 0. The molecule has 17 heavy (non-hydrogen) atoms. The van der Waals surface area contributed by atoms with Crippen LogP contribution < -0.4 is 5.32 Å². The van der Waals surface area contributed by atoms with Gasteiger partial charge in [-0.2, -0.15) is 11.3 Å². The van der Waals surface area contributed by atoms with E-state index in [1.165, 1.54) is 6.42 Å². The molecule has 0 saturated heterocycles. The molecule has 2 unspecified atom stereocenters. The van der Waals surface area contributed by atoms with Gasteiger partial charge >= 0.3 is 0 Å². The van der Waals surface area contributed by atoms with E-state index in [-0.39, 0.29) is 12.5 Å². The lowest BCUT2D eigenvalue weighted by Crippen LogP contribution is -2.31. The van der Waals surface area contributed by atoms with E-state index in [1.54, 1.807) is 11.3 Å². The number of rotatable bonds is 4. The number of carbonyl (C=O) groups is 1. The number of aliphatic hydroxyl groups excluding tert-OH is 1. The van der Waals surface area contributed by atoms with Gasteiger partial charge in [0.2, 0.25) is 0 Å². The third kappa shape index (κ3) is 2.87. The van der Waals surface area contributed by atoms with Crippen molar-refractivity contribution in [2.45, 2.75) is 26.2 Å². The summed E-state index contributed by atoms with van der Waals surface area (Å²) in [6, 6.07) is 0. The van der Waals surface area contributed by atoms with Gasteiger partial charge in [-0.25, -0.2) is 0 Å². The van der Waals surface area contributed by atoms with Gasteiger partial charge in [-0.3, -0.25) is 4.79 Å². The maximum Gasteiger partial charge on any atom is 0.252 e. The lowest BCUT2D eigenvalue weighted by Gasteiger charge is -2.17. The summed E-state index contributed by atoms with van der Waals surface area (Å²) in [6.07, 6.45) is 3.38. The summed E-state index contributed by atoms with van der Waals surface area (Å²) in [5, 5.41) is 16.1. The molecule has 2 N–H and O–H groups in total. The number of aliphatic hydroxyl groups is 1. The monoisotopic (exact) mass is 253 g/mol. The summed E-state index contributed by atoms with van der Waals surface area (Å²) in [5.41, 5.74) is 1.83. The zero-order valence-corrected chi connectivity index (χ0v) is 10.9. The van der Waals surface area contributed by atoms with E-state index in [0.29, 0.717) is 18.4 Å². The Morgan fingerprint density at radius 1 is 1.47 bits per heavy atom. The Morgan fingerprint density at radius 3 is 2.88 bits per heavy atom. The van der Waals surface area contributed by atoms with Crippen molar-refractivity contribution in [3.8, 4) is 0 Å². The molecule has 0 spiro atoms. The molecule has 1 aliphatic carbocycles. The van der Waals surface area contributed by atoms with Gasteiger partial charge in [0.1, 0.15) is 0 Å². The second-order valence-corrected chi connectivity index (χ2v) is 5.56. The Hall–Kier alpha value is -0.870. The van der Waals surface area contributed by atoms with Crippen molar-refractivity contribution < 1.29 is 9.90 Å². The zero-order chi connectivity index (χ0) is 12.3. The van der Waals surface area contributed by atoms with Gasteiger partial charge in [0.05, 0.1) is 5.56 Å². The third-order valence-corrected chi connectivity index (χ3v) is 4.54. The molecule has 1 heterocycles. The van der Waals surface area contributed by atoms with Crippen molar-refractivity contribution in [2.75, 3.05) is 13.2 Å². The molecule has 1 aliphatic rings. The summed E-state index contributed by atoms with van der Waals surface area (Å²) in [5.74, 6) is 0.842. The number of thiophene rings is 1. The van der Waals surface area contributed by atoms with E-state index in [1.807, 2.05) is 17.7 Å². The molecule has 1 amide bonds. The fraction of sp³-hybridized carbons (Fsp3) is 0.615. The Balaban J connectivity index is 1.86. The fourth-order valence-electron chi connectivity index (χ4n) is 2.53. The highest BCUT2D eigenvalue weighted by Gasteiger charge is 2.26. The third-order valence-electron chi connectivity index (χ3n) is 3.68. The highest BCUT2D eigenvalue weighted by molar-refractivity contribution is 7.08. The van der Waals surface area contributed by atoms with Gasteiger partial charge in [-0.15, -0.1) is 0 Å². The lowest BCUT2D eigenvalue weighted by atomic mass is 9.97. The van der Waals surface area contributed by atoms with Crippen LogP contribution in [0, 0.1) is 18.8 Å². The molecule has 2 atom stereocenters. The van der Waals surface area contributed by atoms with Crippen molar-refractivity contribution in [2.24, 2.45) is 11.8 Å². The van der Waals surface area contributed by atoms with Crippen LogP contribution in [0.3, 0.4) is 0 Å². The molecule has 1 fully saturated rings. The number of hydrogen-bond acceptors (Lipinski definition) is 3. The molecular weight excluding hydrogens is 234 g/mol. The summed E-state index contributed by atoms with van der Waals surface area (Å²) in [6.45, 7) is 2.90. The van der Waals surface area contributed by atoms with Crippen molar-refractivity contribution >= 4 is 17.2 Å². The second kappa shape index (κ2) is 5.65. The standard InChI is InChI=1S/C13H19NO2S/c1-9-7-17-8-12(9)13(16)14-5-10-3-2-4-11(10)6-15/h7-8,10-11,15H,2-6H2,1H3,(H,14,16). The number of hydrogen-bond donors (Lipinski definition) is 2. The van der Waals surface area contributed by atoms with Gasteiger partial charge in [-0.05, 0) is 42.5 Å². The van der Waals surface area contributed by atoms with Gasteiger partial charge in [0.15, 0.2) is 0 Å². The topological polar surface area (TPSA) is 49.3 Å². The Bertz CT molecular complexity index is 389. The average molecular weight is 253 g/mol. The van der Waals surface area contributed by atoms with E-state index in [4.69, 9.17) is 0 Å². The molecule has 1 saturated carbocycles. The highest BCUT2D eigenvalue weighted by Crippen LogP contribution is 2.30. The SMILES string of the molecule is Cc1cscc1C(=O)NCC1CCCC1CO. The van der Waals surface area contributed by atoms with Crippen LogP contribution in [-0.2, 0) is 0 Å². The van der Waals surface area contributed by atoms with E-state index < -0.39 is 0 Å². The lowest BCUT2D eigenvalue weighted by molar-refractivity contribution is 0.0937. The van der Waals surface area contributed by atoms with Gasteiger partial charge in [0, 0.05) is 18.5 Å². The minimum atomic E-state index is 0.0207. The van der Waals surface area contributed by atoms with Crippen molar-refractivity contribution in [1.82, 2.24) is 5.32 Å². The molecule has 0 aromatic carbocycles. The molecule has 1 aromatic heterocycles. The maximum absolute atomic E-state index is 11.9. The average Bonchev–Trinajstić information content (AvgIpc) is 2.94. The van der Waals surface area contributed by atoms with Gasteiger partial charge in [-0.1, -0.05) is 6.42 Å². The van der Waals surface area contributed by atoms with Crippen LogP contribution >= 0.6 is 11.3 Å². The van der Waals surface area contributed by atoms with E-state index in [9.17, 15) is 9.90 Å². The van der Waals surface area contributed by atoms with Crippen LogP contribution in [-0.4, -0.2) is 24.2 Å². The highest BCUT2D eigenvalue weighted by atomic mass is 32.1. The number of carbonyl (C=O) groups excluding carboxylic acids is 1. The molecule has 94 valence electrons. The van der Waals surface area contributed by atoms with Crippen molar-refractivity contribution in [3.05, 3.63) is 21.9 Å². The Kier molecular flexibility index (Phi) is 4.18. The first kappa shape index (κ1) is 12.6. The van der Waals surface area contributed by atoms with Crippen molar-refractivity contribution in [3.63, 3.8) is 0 Å². The van der Waals surface area contributed by atoms with Gasteiger partial charge in [0.25, 0.3) is 5.91 Å². The quantitative estimate of drug-likeness (QED) is 0.864. The van der Waals surface area contributed by atoms with Crippen LogP contribution in [0.15, 0.2) is 10.8 Å². The molecular formula is C13H19NO2S. The fourth-order valence-corrected chi connectivity index (χ4v) is 3.36. The molecule has 1 aromatic rings. The van der Waals surface area contributed by atoms with E-state index >= 15 is 0 Å². The summed E-state index contributed by atoms with van der Waals surface area (Å²) in [4.78, 5) is 11.9. The first-order valence-electron chi connectivity index (χ1n) is 6.14. The van der Waals surface area contributed by atoms with Crippen LogP contribution in [0.5, 0.6) is 0 Å². The smallest absolute Gasteiger partial charge is 0.252 e. The minimum Gasteiger partial charge on any atom is -0.396 e. The molecule has 2 rings (SSSR count). The normalized spacial score (nSPS) is 23.9. The predicted octanol–water partition coefficient (Wildman–Crippen LogP) is 2.19. The molecule has 3 nitrogen and oxygen atoms in total. The summed E-state index contributed by atoms with van der Waals surface area (Å²) >= 11 is 1.56. The number of amides is 1. The minimum absolute atomic E-state index is 0.0207. The molecule has 0 aliphatic heterocycles. The summed E-state index contributed by atoms with van der Waals surface area (Å²) in [7, 11) is 0. The predicted molar refractivity (Wildman–Crippen MR) is 69.3 cm³/mol. The molecule has 4 heteroatoms. The zero-order valence-electron chi connectivity index (χ0n) is 10.1. The van der Waals surface area contributed by atoms with Crippen LogP contribution in [0.2, 0.25) is 0 Å². The first-order valence-corrected chi connectivity index (χ1v) is 7.08. The molecule has 0 bridgehead atoms. The number of aryl methyl sites for hydroxylation is 1. The van der Waals surface area contributed by atoms with Crippen molar-refractivity contribution in [1.29, 1.82) is 0 Å². The first-order chi connectivity index (χ1) is 8.22. The largest absolute Gasteiger partial charge is 0.396 e. The second-order valence-electron chi connectivity index (χ2n) is 4.81. The van der Waals surface area contributed by atoms with E-state index in [0.717, 1.165) is 24.0 Å². The van der Waals surface area contributed by atoms with Crippen LogP contribution in [0.25, 0.3) is 0 Å². The van der Waals surface area contributed by atoms with Crippen LogP contribution in [0.1, 0.15) is 35.2 Å². The van der Waals surface area contributed by atoms with E-state index in [2.05, 4.69) is 5.32 Å². The van der Waals surface area contributed by atoms with Crippen LogP contribution in [0.4, 0.5) is 0 Å². The maximum atomic E-state index is 11.9. The Labute approximate surface area is 106 Å². The molecule has 0 radical (unpaired) electrons. The Morgan fingerprint density at radius 2 is 2.24 bits per heavy atom.